The van der Waals surface area contributed by atoms with Crippen molar-refractivity contribution in [2.45, 2.75) is 6.92 Å². The van der Waals surface area contributed by atoms with Gasteiger partial charge in [0.05, 0.1) is 0 Å². The molecule has 1 rings (SSSR count). The molecular weight excluding hydrogens is 142 g/mol. The fourth-order valence-electron chi connectivity index (χ4n) is 0.852. The normalized spacial score (nSPS) is 8.82. The Labute approximate surface area is 63.7 Å². The number of phenolic OH excluding ortho intramolecular Hbond substituents is 1. The van der Waals surface area contributed by atoms with Gasteiger partial charge < -0.3 is 5.11 Å². The minimum Gasteiger partial charge on any atom is -0.508 e. The molecule has 0 heterocycles. The zero-order valence-corrected chi connectivity index (χ0v) is 6.02. The van der Waals surface area contributed by atoms with Gasteiger partial charge in [-0.2, -0.15) is 0 Å². The Kier molecular flexibility index (Phi) is 1.99. The highest BCUT2D eigenvalue weighted by atomic mass is 16.3. The molecular formula is C7H7N3O. The summed E-state index contributed by atoms with van der Waals surface area (Å²) in [7, 11) is 0. The lowest BCUT2D eigenvalue weighted by Crippen LogP contribution is -1.70. The molecule has 0 saturated heterocycles. The Morgan fingerprint density at radius 2 is 2.18 bits per heavy atom. The van der Waals surface area contributed by atoms with E-state index >= 15 is 0 Å². The van der Waals surface area contributed by atoms with Gasteiger partial charge in [-0.1, -0.05) is 5.11 Å². The Morgan fingerprint density at radius 3 is 2.73 bits per heavy atom. The van der Waals surface area contributed by atoms with Gasteiger partial charge in [-0.15, -0.1) is 0 Å². The van der Waals surface area contributed by atoms with Crippen LogP contribution in [0.3, 0.4) is 0 Å². The summed E-state index contributed by atoms with van der Waals surface area (Å²) in [6.45, 7) is 1.82. The van der Waals surface area contributed by atoms with Crippen molar-refractivity contribution in [3.05, 3.63) is 34.2 Å². The molecule has 0 aliphatic rings. The maximum absolute atomic E-state index is 9.04. The first-order valence-corrected chi connectivity index (χ1v) is 3.08. The fourth-order valence-corrected chi connectivity index (χ4v) is 0.852. The molecule has 1 aromatic carbocycles. The highest BCUT2D eigenvalue weighted by Gasteiger charge is 1.93. The summed E-state index contributed by atoms with van der Waals surface area (Å²) >= 11 is 0. The van der Waals surface area contributed by atoms with Crippen LogP contribution in [0.2, 0.25) is 0 Å². The Hall–Kier alpha value is -1.67. The minimum atomic E-state index is 0.118. The lowest BCUT2D eigenvalue weighted by Gasteiger charge is -1.96. The third-order valence-electron chi connectivity index (χ3n) is 1.21. The molecule has 0 unspecified atom stereocenters. The topological polar surface area (TPSA) is 69.0 Å². The molecule has 56 valence electrons. The molecule has 0 aliphatic heterocycles. The zero-order chi connectivity index (χ0) is 8.27. The van der Waals surface area contributed by atoms with Crippen LogP contribution in [0.1, 0.15) is 5.56 Å². The molecule has 4 heteroatoms. The number of hydrogen-bond acceptors (Lipinski definition) is 2. The predicted molar refractivity (Wildman–Crippen MR) is 41.6 cm³/mol. The predicted octanol–water partition coefficient (Wildman–Crippen LogP) is 2.64. The lowest BCUT2D eigenvalue weighted by atomic mass is 10.2. The second-order valence-corrected chi connectivity index (χ2v) is 2.22. The van der Waals surface area contributed by atoms with Crippen LogP contribution in [0.5, 0.6) is 5.75 Å². The molecule has 0 radical (unpaired) electrons. The zero-order valence-electron chi connectivity index (χ0n) is 6.02. The van der Waals surface area contributed by atoms with Crippen molar-refractivity contribution in [3.63, 3.8) is 0 Å². The standard InChI is InChI=1S/C7H7N3O/c1-5-2-6(9-10-8)4-7(11)3-5/h2-4,11H,1H3. The van der Waals surface area contributed by atoms with Gasteiger partial charge in [-0.3, -0.25) is 0 Å². The number of phenols is 1. The molecule has 0 bridgehead atoms. The number of azide groups is 1. The summed E-state index contributed by atoms with van der Waals surface area (Å²) in [5, 5.41) is 12.4. The van der Waals surface area contributed by atoms with E-state index in [1.807, 2.05) is 6.92 Å². The van der Waals surface area contributed by atoms with E-state index in [2.05, 4.69) is 10.0 Å². The monoisotopic (exact) mass is 149 g/mol. The Balaban J connectivity index is 3.18. The lowest BCUT2D eigenvalue weighted by molar-refractivity contribution is 0.475. The van der Waals surface area contributed by atoms with E-state index in [1.165, 1.54) is 6.07 Å². The van der Waals surface area contributed by atoms with Gasteiger partial charge in [0, 0.05) is 10.6 Å². The maximum atomic E-state index is 9.04. The number of hydrogen-bond donors (Lipinski definition) is 1. The number of aromatic hydroxyl groups is 1. The van der Waals surface area contributed by atoms with Gasteiger partial charge in [0.1, 0.15) is 5.75 Å². The van der Waals surface area contributed by atoms with Crippen LogP contribution in [0.4, 0.5) is 5.69 Å². The van der Waals surface area contributed by atoms with Crippen LogP contribution in [-0.4, -0.2) is 5.11 Å². The number of nitrogens with zero attached hydrogens (tertiary/aromatic N) is 3. The van der Waals surface area contributed by atoms with E-state index < -0.39 is 0 Å². The third kappa shape index (κ3) is 1.88. The van der Waals surface area contributed by atoms with E-state index in [1.54, 1.807) is 12.1 Å². The van der Waals surface area contributed by atoms with Crippen LogP contribution in [0.15, 0.2) is 23.3 Å². The number of benzene rings is 1. The molecule has 0 atom stereocenters. The van der Waals surface area contributed by atoms with Gasteiger partial charge in [-0.05, 0) is 36.2 Å². The smallest absolute Gasteiger partial charge is 0.116 e. The largest absolute Gasteiger partial charge is 0.508 e. The Bertz CT molecular complexity index is 295. The first kappa shape index (κ1) is 7.44. The highest BCUT2D eigenvalue weighted by molar-refractivity contribution is 5.45. The van der Waals surface area contributed by atoms with Gasteiger partial charge in [0.15, 0.2) is 0 Å². The van der Waals surface area contributed by atoms with E-state index in [0.29, 0.717) is 5.69 Å². The summed E-state index contributed by atoms with van der Waals surface area (Å²) in [6.07, 6.45) is 0. The first-order valence-electron chi connectivity index (χ1n) is 3.08. The van der Waals surface area contributed by atoms with Gasteiger partial charge >= 0.3 is 0 Å². The molecule has 4 nitrogen and oxygen atoms in total. The van der Waals surface area contributed by atoms with Crippen molar-refractivity contribution in [1.29, 1.82) is 0 Å². The third-order valence-corrected chi connectivity index (χ3v) is 1.21. The molecule has 0 saturated carbocycles. The van der Waals surface area contributed by atoms with E-state index in [0.717, 1.165) is 5.56 Å². The van der Waals surface area contributed by atoms with E-state index in [-0.39, 0.29) is 5.75 Å². The van der Waals surface area contributed by atoms with Crippen LogP contribution in [0, 0.1) is 6.92 Å². The van der Waals surface area contributed by atoms with Crippen LogP contribution in [-0.2, 0) is 0 Å². The van der Waals surface area contributed by atoms with Crippen LogP contribution in [0.25, 0.3) is 10.4 Å². The molecule has 1 aromatic rings. The summed E-state index contributed by atoms with van der Waals surface area (Å²) in [6, 6.07) is 4.70. The minimum absolute atomic E-state index is 0.118. The van der Waals surface area contributed by atoms with Crippen LogP contribution >= 0.6 is 0 Å². The van der Waals surface area contributed by atoms with Gasteiger partial charge in [-0.25, -0.2) is 0 Å². The van der Waals surface area contributed by atoms with Crippen LogP contribution < -0.4 is 0 Å². The summed E-state index contributed by atoms with van der Waals surface area (Å²) in [5.74, 6) is 0.118. The summed E-state index contributed by atoms with van der Waals surface area (Å²) in [4.78, 5) is 2.60. The second-order valence-electron chi connectivity index (χ2n) is 2.22. The molecule has 0 fully saturated rings. The van der Waals surface area contributed by atoms with Crippen molar-refractivity contribution in [2.75, 3.05) is 0 Å². The van der Waals surface area contributed by atoms with Crippen molar-refractivity contribution < 1.29 is 5.11 Å². The van der Waals surface area contributed by atoms with Crippen molar-refractivity contribution in [3.8, 4) is 5.75 Å². The molecule has 0 amide bonds. The summed E-state index contributed by atoms with van der Waals surface area (Å²) in [5.41, 5.74) is 9.38. The molecule has 11 heavy (non-hydrogen) atoms. The quantitative estimate of drug-likeness (QED) is 0.372. The number of rotatable bonds is 1. The average Bonchev–Trinajstić information content (AvgIpc) is 1.85. The average molecular weight is 149 g/mol. The van der Waals surface area contributed by atoms with Gasteiger partial charge in [0.25, 0.3) is 0 Å². The van der Waals surface area contributed by atoms with Crippen molar-refractivity contribution in [2.24, 2.45) is 5.11 Å². The first-order chi connectivity index (χ1) is 5.22. The molecule has 0 aliphatic carbocycles. The highest BCUT2D eigenvalue weighted by Crippen LogP contribution is 2.21. The van der Waals surface area contributed by atoms with Crippen molar-refractivity contribution in [1.82, 2.24) is 0 Å². The number of aryl methyl sites for hydroxylation is 1. The molecule has 1 N–H and O–H groups in total. The van der Waals surface area contributed by atoms with Crippen molar-refractivity contribution >= 4 is 5.69 Å². The SMILES string of the molecule is Cc1cc(O)cc(N=[N+]=[N-])c1. The Morgan fingerprint density at radius 1 is 1.45 bits per heavy atom. The maximum Gasteiger partial charge on any atom is 0.116 e. The molecule has 0 spiro atoms. The fraction of sp³-hybridized carbons (Fsp3) is 0.143. The van der Waals surface area contributed by atoms with Gasteiger partial charge in [0.2, 0.25) is 0 Å². The molecule has 0 aromatic heterocycles. The van der Waals surface area contributed by atoms with E-state index in [9.17, 15) is 0 Å². The summed E-state index contributed by atoms with van der Waals surface area (Å²) < 4.78 is 0. The van der Waals surface area contributed by atoms with E-state index in [4.69, 9.17) is 10.6 Å². The second kappa shape index (κ2) is 2.94.